The summed E-state index contributed by atoms with van der Waals surface area (Å²) in [5.74, 6) is -1.37. The van der Waals surface area contributed by atoms with Gasteiger partial charge in [0.15, 0.2) is 5.79 Å². The Kier molecular flexibility index (Phi) is 3.92. The van der Waals surface area contributed by atoms with Crippen molar-refractivity contribution in [3.63, 3.8) is 0 Å². The van der Waals surface area contributed by atoms with Crippen molar-refractivity contribution in [1.29, 1.82) is 0 Å². The molecule has 0 aliphatic rings. The first-order valence-electron chi connectivity index (χ1n) is 3.28. The molecule has 0 amide bonds. The van der Waals surface area contributed by atoms with Crippen molar-refractivity contribution < 1.29 is 19.4 Å². The van der Waals surface area contributed by atoms with E-state index in [0.717, 1.165) is 0 Å². The first-order chi connectivity index (χ1) is 4.99. The number of aldehydes is 2. The van der Waals surface area contributed by atoms with Crippen LogP contribution in [0.2, 0.25) is 0 Å². The van der Waals surface area contributed by atoms with Crippen LogP contribution in [-0.2, 0) is 14.3 Å². The molecular formula is C7H12O4. The number of aliphatic hydroxyl groups is 1. The average Bonchev–Trinajstić information content (AvgIpc) is 1.84. The Bertz CT molecular complexity index is 136. The van der Waals surface area contributed by atoms with Gasteiger partial charge in [-0.1, -0.05) is 0 Å². The summed E-state index contributed by atoms with van der Waals surface area (Å²) < 4.78 is 4.78. The minimum atomic E-state index is -1.37. The van der Waals surface area contributed by atoms with Gasteiger partial charge in [0.2, 0.25) is 0 Å². The van der Waals surface area contributed by atoms with Crippen LogP contribution >= 0.6 is 0 Å². The molecule has 0 rings (SSSR count). The summed E-state index contributed by atoms with van der Waals surface area (Å²) >= 11 is 0. The van der Waals surface area contributed by atoms with Crippen molar-refractivity contribution in [1.82, 2.24) is 0 Å². The van der Waals surface area contributed by atoms with Crippen molar-refractivity contribution in [3.05, 3.63) is 0 Å². The number of hydrogen-bond donors (Lipinski definition) is 1. The van der Waals surface area contributed by atoms with Gasteiger partial charge in [-0.3, -0.25) is 0 Å². The van der Waals surface area contributed by atoms with Crippen LogP contribution in [0.4, 0.5) is 0 Å². The van der Waals surface area contributed by atoms with E-state index in [0.29, 0.717) is 12.6 Å². The van der Waals surface area contributed by atoms with Gasteiger partial charge in [0.05, 0.1) is 0 Å². The van der Waals surface area contributed by atoms with Gasteiger partial charge in [-0.15, -0.1) is 0 Å². The van der Waals surface area contributed by atoms with Crippen molar-refractivity contribution in [2.75, 3.05) is 0 Å². The number of carbonyl (C=O) groups is 2. The van der Waals surface area contributed by atoms with E-state index in [9.17, 15) is 9.59 Å². The molecule has 0 saturated carbocycles. The lowest BCUT2D eigenvalue weighted by Gasteiger charge is -2.21. The minimum Gasteiger partial charge on any atom is -0.366 e. The summed E-state index contributed by atoms with van der Waals surface area (Å²) in [7, 11) is 0. The van der Waals surface area contributed by atoms with Crippen molar-refractivity contribution in [2.24, 2.45) is 0 Å². The first-order valence-corrected chi connectivity index (χ1v) is 3.28. The van der Waals surface area contributed by atoms with E-state index >= 15 is 0 Å². The second kappa shape index (κ2) is 4.20. The molecule has 0 fully saturated rings. The molecule has 4 nitrogen and oxygen atoms in total. The van der Waals surface area contributed by atoms with Gasteiger partial charge in [0.1, 0.15) is 18.7 Å². The van der Waals surface area contributed by atoms with Crippen LogP contribution in [0.1, 0.15) is 20.3 Å². The molecule has 1 atom stereocenters. The lowest BCUT2D eigenvalue weighted by Crippen LogP contribution is -2.31. The van der Waals surface area contributed by atoms with E-state index in [1.165, 1.54) is 13.8 Å². The normalized spacial score (nSPS) is 14.1. The fourth-order valence-corrected chi connectivity index (χ4v) is 0.597. The molecule has 0 heterocycles. The maximum absolute atomic E-state index is 10.2. The van der Waals surface area contributed by atoms with Crippen molar-refractivity contribution >= 4 is 12.6 Å². The summed E-state index contributed by atoms with van der Waals surface area (Å²) in [6.45, 7) is 2.79. The molecule has 0 aromatic carbocycles. The standard InChI is InChI=1S/C7H12O4/c1-7(2,10)11-6(5-9)3-4-8/h4-6,10H,3H2,1-2H3/t6-/m1/s1. The van der Waals surface area contributed by atoms with E-state index in [1.807, 2.05) is 0 Å². The Morgan fingerprint density at radius 1 is 1.55 bits per heavy atom. The van der Waals surface area contributed by atoms with Crippen LogP contribution in [0.3, 0.4) is 0 Å². The van der Waals surface area contributed by atoms with Gasteiger partial charge < -0.3 is 19.4 Å². The van der Waals surface area contributed by atoms with Crippen LogP contribution < -0.4 is 0 Å². The van der Waals surface area contributed by atoms with E-state index in [2.05, 4.69) is 0 Å². The zero-order chi connectivity index (χ0) is 8.91. The quantitative estimate of drug-likeness (QED) is 0.450. The van der Waals surface area contributed by atoms with E-state index in [-0.39, 0.29) is 6.42 Å². The summed E-state index contributed by atoms with van der Waals surface area (Å²) in [5, 5.41) is 9.05. The molecular weight excluding hydrogens is 148 g/mol. The number of hydrogen-bond acceptors (Lipinski definition) is 4. The molecule has 11 heavy (non-hydrogen) atoms. The number of rotatable bonds is 5. The van der Waals surface area contributed by atoms with Gasteiger partial charge >= 0.3 is 0 Å². The highest BCUT2D eigenvalue weighted by atomic mass is 16.6. The molecule has 0 radical (unpaired) electrons. The van der Waals surface area contributed by atoms with Crippen LogP contribution in [0, 0.1) is 0 Å². The van der Waals surface area contributed by atoms with Gasteiger partial charge in [0, 0.05) is 6.42 Å². The highest BCUT2D eigenvalue weighted by Crippen LogP contribution is 2.07. The van der Waals surface area contributed by atoms with Gasteiger partial charge in [-0.25, -0.2) is 0 Å². The summed E-state index contributed by atoms with van der Waals surface area (Å²) in [6, 6.07) is 0. The Morgan fingerprint density at radius 3 is 2.36 bits per heavy atom. The molecule has 0 saturated heterocycles. The Labute approximate surface area is 65.2 Å². The smallest absolute Gasteiger partial charge is 0.160 e. The van der Waals surface area contributed by atoms with Crippen LogP contribution in [0.25, 0.3) is 0 Å². The third-order valence-corrected chi connectivity index (χ3v) is 0.920. The third kappa shape index (κ3) is 5.69. The fourth-order valence-electron chi connectivity index (χ4n) is 0.597. The molecule has 0 bridgehead atoms. The first kappa shape index (κ1) is 10.3. The Balaban J connectivity index is 3.87. The second-order valence-electron chi connectivity index (χ2n) is 2.64. The lowest BCUT2D eigenvalue weighted by atomic mass is 10.3. The number of ether oxygens (including phenoxy) is 1. The fraction of sp³-hybridized carbons (Fsp3) is 0.714. The monoisotopic (exact) mass is 160 g/mol. The zero-order valence-corrected chi connectivity index (χ0v) is 6.61. The highest BCUT2D eigenvalue weighted by molar-refractivity contribution is 5.63. The molecule has 0 aromatic rings. The molecule has 0 aromatic heterocycles. The predicted molar refractivity (Wildman–Crippen MR) is 37.9 cm³/mol. The molecule has 0 aliphatic carbocycles. The van der Waals surface area contributed by atoms with Crippen LogP contribution in [0.5, 0.6) is 0 Å². The average molecular weight is 160 g/mol. The van der Waals surface area contributed by atoms with Gasteiger partial charge in [0.25, 0.3) is 0 Å². The predicted octanol–water partition coefficient (Wildman–Crippen LogP) is -0.112. The molecule has 4 heteroatoms. The Hall–Kier alpha value is -0.740. The van der Waals surface area contributed by atoms with Crippen LogP contribution in [0.15, 0.2) is 0 Å². The molecule has 0 aliphatic heterocycles. The maximum Gasteiger partial charge on any atom is 0.160 e. The van der Waals surface area contributed by atoms with E-state index in [1.54, 1.807) is 0 Å². The topological polar surface area (TPSA) is 63.6 Å². The highest BCUT2D eigenvalue weighted by Gasteiger charge is 2.19. The lowest BCUT2D eigenvalue weighted by molar-refractivity contribution is -0.201. The molecule has 64 valence electrons. The van der Waals surface area contributed by atoms with E-state index < -0.39 is 11.9 Å². The SMILES string of the molecule is CC(C)(O)O[C@@H](C=O)CC=O. The largest absolute Gasteiger partial charge is 0.366 e. The van der Waals surface area contributed by atoms with Crippen LogP contribution in [-0.4, -0.2) is 29.6 Å². The molecule has 0 spiro atoms. The Morgan fingerprint density at radius 2 is 2.09 bits per heavy atom. The minimum absolute atomic E-state index is 0.0203. The molecule has 1 N–H and O–H groups in total. The second-order valence-corrected chi connectivity index (χ2v) is 2.64. The summed E-state index contributed by atoms with van der Waals surface area (Å²) in [4.78, 5) is 20.1. The van der Waals surface area contributed by atoms with Gasteiger partial charge in [-0.2, -0.15) is 0 Å². The van der Waals surface area contributed by atoms with Gasteiger partial charge in [-0.05, 0) is 13.8 Å². The van der Waals surface area contributed by atoms with Crippen molar-refractivity contribution in [3.8, 4) is 0 Å². The third-order valence-electron chi connectivity index (χ3n) is 0.920. The maximum atomic E-state index is 10.2. The summed E-state index contributed by atoms with van der Waals surface area (Å²) in [5.41, 5.74) is 0. The van der Waals surface area contributed by atoms with Crippen molar-refractivity contribution in [2.45, 2.75) is 32.2 Å². The zero-order valence-electron chi connectivity index (χ0n) is 6.61. The summed E-state index contributed by atoms with van der Waals surface area (Å²) in [6.07, 6.45) is 0.206. The number of carbonyl (C=O) groups excluding carboxylic acids is 2. The molecule has 0 unspecified atom stereocenters. The van der Waals surface area contributed by atoms with E-state index in [4.69, 9.17) is 9.84 Å².